The average Bonchev–Trinajstić information content (AvgIpc) is 2.90. The van der Waals surface area contributed by atoms with E-state index in [9.17, 15) is 4.79 Å². The van der Waals surface area contributed by atoms with Gasteiger partial charge in [0.1, 0.15) is 0 Å². The lowest BCUT2D eigenvalue weighted by Gasteiger charge is -2.28. The minimum atomic E-state index is 0.0805. The lowest BCUT2D eigenvalue weighted by molar-refractivity contribution is -0.127. The summed E-state index contributed by atoms with van der Waals surface area (Å²) in [6.07, 6.45) is 7.11. The van der Waals surface area contributed by atoms with Gasteiger partial charge in [-0.15, -0.1) is 0 Å². The number of fused-ring (bicyclic) bond motifs is 2. The van der Waals surface area contributed by atoms with Crippen molar-refractivity contribution < 1.29 is 9.53 Å². The number of methoxy groups -OCH3 is 1. The van der Waals surface area contributed by atoms with Gasteiger partial charge in [0.15, 0.2) is 0 Å². The van der Waals surface area contributed by atoms with Crippen LogP contribution in [0.3, 0.4) is 0 Å². The average molecular weight is 266 g/mol. The molecule has 2 bridgehead atoms. The van der Waals surface area contributed by atoms with Crippen molar-refractivity contribution in [1.29, 1.82) is 0 Å². The van der Waals surface area contributed by atoms with Gasteiger partial charge >= 0.3 is 0 Å². The van der Waals surface area contributed by atoms with Gasteiger partial charge < -0.3 is 15.8 Å². The molecule has 19 heavy (non-hydrogen) atoms. The SMILES string of the molecule is COCCC1(CNC(=O)C2C3CCC(C3)C2N)CC1. The standard InChI is InChI=1S/C15H26N2O2/c1-19-7-6-15(4-5-15)9-17-14(18)12-10-2-3-11(8-10)13(12)16/h10-13H,2-9,16H2,1H3,(H,17,18). The van der Waals surface area contributed by atoms with E-state index in [4.69, 9.17) is 10.5 Å². The molecule has 0 radical (unpaired) electrons. The normalized spacial score (nSPS) is 38.4. The van der Waals surface area contributed by atoms with Crippen LogP contribution < -0.4 is 11.1 Å². The Morgan fingerprint density at radius 2 is 2.11 bits per heavy atom. The molecule has 0 aliphatic heterocycles. The van der Waals surface area contributed by atoms with Crippen LogP contribution in [0.5, 0.6) is 0 Å². The third-order valence-corrected chi connectivity index (χ3v) is 5.71. The van der Waals surface area contributed by atoms with Crippen LogP contribution in [0.25, 0.3) is 0 Å². The van der Waals surface area contributed by atoms with Crippen LogP contribution in [0.15, 0.2) is 0 Å². The quantitative estimate of drug-likeness (QED) is 0.761. The molecule has 0 aromatic heterocycles. The van der Waals surface area contributed by atoms with Crippen molar-refractivity contribution in [2.75, 3.05) is 20.3 Å². The summed E-state index contributed by atoms with van der Waals surface area (Å²) in [6, 6.07) is 0.105. The third-order valence-electron chi connectivity index (χ3n) is 5.71. The molecule has 3 fully saturated rings. The second-order valence-corrected chi connectivity index (χ2v) is 6.90. The Morgan fingerprint density at radius 1 is 1.37 bits per heavy atom. The topological polar surface area (TPSA) is 64.3 Å². The molecule has 3 N–H and O–H groups in total. The van der Waals surface area contributed by atoms with Gasteiger partial charge in [0, 0.05) is 26.3 Å². The summed E-state index contributed by atoms with van der Waals surface area (Å²) in [6.45, 7) is 1.61. The Labute approximate surface area is 115 Å². The molecule has 0 spiro atoms. The van der Waals surface area contributed by atoms with Gasteiger partial charge in [-0.25, -0.2) is 0 Å². The molecule has 4 unspecified atom stereocenters. The van der Waals surface area contributed by atoms with E-state index in [1.807, 2.05) is 0 Å². The summed E-state index contributed by atoms with van der Waals surface area (Å²) in [5, 5.41) is 3.18. The summed E-state index contributed by atoms with van der Waals surface area (Å²) < 4.78 is 5.15. The largest absolute Gasteiger partial charge is 0.385 e. The van der Waals surface area contributed by atoms with E-state index in [-0.39, 0.29) is 17.9 Å². The monoisotopic (exact) mass is 266 g/mol. The molecule has 4 atom stereocenters. The molecule has 4 heteroatoms. The highest BCUT2D eigenvalue weighted by Crippen LogP contribution is 2.49. The predicted octanol–water partition coefficient (Wildman–Crippen LogP) is 1.29. The fourth-order valence-corrected chi connectivity index (χ4v) is 4.13. The first-order valence-electron chi connectivity index (χ1n) is 7.67. The molecule has 0 aromatic rings. The van der Waals surface area contributed by atoms with Gasteiger partial charge in [-0.1, -0.05) is 0 Å². The van der Waals surface area contributed by atoms with Gasteiger partial charge in [0.25, 0.3) is 0 Å². The van der Waals surface area contributed by atoms with Crippen LogP contribution in [-0.4, -0.2) is 32.2 Å². The van der Waals surface area contributed by atoms with Gasteiger partial charge in [-0.05, 0) is 55.8 Å². The second-order valence-electron chi connectivity index (χ2n) is 6.90. The second kappa shape index (κ2) is 5.06. The highest BCUT2D eigenvalue weighted by atomic mass is 16.5. The van der Waals surface area contributed by atoms with Crippen LogP contribution in [0.1, 0.15) is 38.5 Å². The summed E-state index contributed by atoms with van der Waals surface area (Å²) in [5.41, 5.74) is 6.55. The zero-order valence-corrected chi connectivity index (χ0v) is 11.9. The molecule has 1 amide bonds. The number of carbonyl (C=O) groups excluding carboxylic acids is 1. The van der Waals surface area contributed by atoms with Gasteiger partial charge in [0.05, 0.1) is 5.92 Å². The fourth-order valence-electron chi connectivity index (χ4n) is 4.13. The zero-order chi connectivity index (χ0) is 13.5. The number of nitrogens with one attached hydrogen (secondary N) is 1. The van der Waals surface area contributed by atoms with Gasteiger partial charge in [-0.3, -0.25) is 4.79 Å². The highest BCUT2D eigenvalue weighted by Gasteiger charge is 2.50. The fraction of sp³-hybridized carbons (Fsp3) is 0.933. The Bertz CT molecular complexity index is 352. The summed E-state index contributed by atoms with van der Waals surface area (Å²) in [4.78, 5) is 12.4. The van der Waals surface area contributed by atoms with Gasteiger partial charge in [-0.2, -0.15) is 0 Å². The Hall–Kier alpha value is -0.610. The van der Waals surface area contributed by atoms with Crippen molar-refractivity contribution >= 4 is 5.91 Å². The lowest BCUT2D eigenvalue weighted by atomic mass is 9.84. The van der Waals surface area contributed by atoms with E-state index in [0.717, 1.165) is 19.6 Å². The smallest absolute Gasteiger partial charge is 0.224 e. The van der Waals surface area contributed by atoms with E-state index < -0.39 is 0 Å². The Balaban J connectivity index is 1.49. The first-order valence-corrected chi connectivity index (χ1v) is 7.67. The summed E-state index contributed by atoms with van der Waals surface area (Å²) >= 11 is 0. The molecule has 108 valence electrons. The molecule has 0 saturated heterocycles. The van der Waals surface area contributed by atoms with Crippen molar-refractivity contribution in [3.8, 4) is 0 Å². The van der Waals surface area contributed by atoms with Crippen LogP contribution in [-0.2, 0) is 9.53 Å². The maximum Gasteiger partial charge on any atom is 0.224 e. The minimum absolute atomic E-state index is 0.0805. The molecule has 3 rings (SSSR count). The molecular weight excluding hydrogens is 240 g/mol. The van der Waals surface area contributed by atoms with Crippen molar-refractivity contribution in [3.05, 3.63) is 0 Å². The van der Waals surface area contributed by atoms with Crippen LogP contribution in [0.2, 0.25) is 0 Å². The summed E-state index contributed by atoms with van der Waals surface area (Å²) in [5.74, 6) is 1.44. The number of amides is 1. The van der Waals surface area contributed by atoms with Crippen molar-refractivity contribution in [1.82, 2.24) is 5.32 Å². The number of hydrogen-bond acceptors (Lipinski definition) is 3. The lowest BCUT2D eigenvalue weighted by Crippen LogP contribution is -2.46. The van der Waals surface area contributed by atoms with E-state index in [1.54, 1.807) is 7.11 Å². The Morgan fingerprint density at radius 3 is 2.68 bits per heavy atom. The number of carbonyl (C=O) groups is 1. The van der Waals surface area contributed by atoms with E-state index in [2.05, 4.69) is 5.32 Å². The first kappa shape index (κ1) is 13.4. The number of ether oxygens (including phenoxy) is 1. The van der Waals surface area contributed by atoms with E-state index in [1.165, 1.54) is 32.1 Å². The van der Waals surface area contributed by atoms with Gasteiger partial charge in [0.2, 0.25) is 5.91 Å². The zero-order valence-electron chi connectivity index (χ0n) is 11.9. The molecule has 0 aromatic carbocycles. The van der Waals surface area contributed by atoms with Crippen LogP contribution in [0.4, 0.5) is 0 Å². The third kappa shape index (κ3) is 2.52. The number of hydrogen-bond donors (Lipinski definition) is 2. The molecule has 3 aliphatic carbocycles. The maximum atomic E-state index is 12.4. The molecule has 3 saturated carbocycles. The van der Waals surface area contributed by atoms with Crippen molar-refractivity contribution in [2.24, 2.45) is 28.9 Å². The van der Waals surface area contributed by atoms with Crippen molar-refractivity contribution in [3.63, 3.8) is 0 Å². The highest BCUT2D eigenvalue weighted by molar-refractivity contribution is 5.80. The first-order chi connectivity index (χ1) is 9.15. The molecule has 4 nitrogen and oxygen atoms in total. The molecular formula is C15H26N2O2. The summed E-state index contributed by atoms with van der Waals surface area (Å²) in [7, 11) is 1.74. The maximum absolute atomic E-state index is 12.4. The number of nitrogens with two attached hydrogens (primary N) is 1. The molecule has 3 aliphatic rings. The number of rotatable bonds is 6. The van der Waals surface area contributed by atoms with Crippen LogP contribution >= 0.6 is 0 Å². The van der Waals surface area contributed by atoms with Crippen molar-refractivity contribution in [2.45, 2.75) is 44.6 Å². The molecule has 0 heterocycles. The van der Waals surface area contributed by atoms with E-state index in [0.29, 0.717) is 17.3 Å². The van der Waals surface area contributed by atoms with E-state index >= 15 is 0 Å². The van der Waals surface area contributed by atoms with Crippen LogP contribution in [0, 0.1) is 23.2 Å². The Kier molecular flexibility index (Phi) is 3.56. The minimum Gasteiger partial charge on any atom is -0.385 e. The predicted molar refractivity (Wildman–Crippen MR) is 73.5 cm³/mol.